The predicted octanol–water partition coefficient (Wildman–Crippen LogP) is 4.30. The molecule has 1 aromatic heterocycles. The zero-order valence-corrected chi connectivity index (χ0v) is 11.7. The second kappa shape index (κ2) is 5.49. The largest absolute Gasteiger partial charge is 0.236 e. The Morgan fingerprint density at radius 3 is 2.72 bits per heavy atom. The van der Waals surface area contributed by atoms with Gasteiger partial charge in [-0.05, 0) is 30.9 Å². The highest BCUT2D eigenvalue weighted by atomic mass is 35.5. The van der Waals surface area contributed by atoms with Gasteiger partial charge in [0.25, 0.3) is 0 Å². The Bertz CT molecular complexity index is 550. The van der Waals surface area contributed by atoms with Crippen molar-refractivity contribution in [1.82, 2.24) is 9.97 Å². The first kappa shape index (κ1) is 13.0. The average Bonchev–Trinajstić information content (AvgIpc) is 2.32. The molecule has 0 saturated heterocycles. The minimum absolute atomic E-state index is 0.522. The average molecular weight is 261 g/mol. The van der Waals surface area contributed by atoms with Crippen molar-refractivity contribution >= 4 is 11.6 Å². The van der Waals surface area contributed by atoms with Gasteiger partial charge in [-0.3, -0.25) is 0 Å². The molecule has 0 spiro atoms. The van der Waals surface area contributed by atoms with Crippen LogP contribution in [0.4, 0.5) is 0 Å². The number of nitrogens with zero attached hydrogens (tertiary/aromatic N) is 2. The highest BCUT2D eigenvalue weighted by Gasteiger charge is 2.08. The summed E-state index contributed by atoms with van der Waals surface area (Å²) in [5, 5.41) is 0.522. The summed E-state index contributed by atoms with van der Waals surface area (Å²) in [7, 11) is 0. The van der Waals surface area contributed by atoms with Crippen LogP contribution in [0.1, 0.15) is 25.0 Å². The lowest BCUT2D eigenvalue weighted by Crippen LogP contribution is -1.96. The van der Waals surface area contributed by atoms with E-state index in [2.05, 4.69) is 48.1 Å². The molecule has 1 aromatic carbocycles. The first-order valence-electron chi connectivity index (χ1n) is 6.14. The summed E-state index contributed by atoms with van der Waals surface area (Å²) >= 11 is 6.04. The molecule has 2 nitrogen and oxygen atoms in total. The fourth-order valence-electron chi connectivity index (χ4n) is 2.04. The zero-order chi connectivity index (χ0) is 13.1. The van der Waals surface area contributed by atoms with Crippen LogP contribution in [0.3, 0.4) is 0 Å². The highest BCUT2D eigenvalue weighted by Crippen LogP contribution is 2.25. The van der Waals surface area contributed by atoms with Gasteiger partial charge in [-0.15, -0.1) is 0 Å². The normalized spacial score (nSPS) is 10.9. The maximum absolute atomic E-state index is 6.04. The standard InChI is InChI=1S/C15H17ClN2/c1-10(2)7-12-5-4-6-13(8-12)14-11(3)15(16)18-9-17-14/h4-6,8-10H,7H2,1-3H3. The fourth-order valence-corrected chi connectivity index (χ4v) is 2.17. The predicted molar refractivity (Wildman–Crippen MR) is 75.8 cm³/mol. The third-order valence-corrected chi connectivity index (χ3v) is 3.25. The van der Waals surface area contributed by atoms with Crippen molar-refractivity contribution < 1.29 is 0 Å². The number of hydrogen-bond donors (Lipinski definition) is 0. The molecule has 0 radical (unpaired) electrons. The quantitative estimate of drug-likeness (QED) is 0.769. The maximum Gasteiger partial charge on any atom is 0.135 e. The molecule has 0 fully saturated rings. The van der Waals surface area contributed by atoms with E-state index in [-0.39, 0.29) is 0 Å². The van der Waals surface area contributed by atoms with Gasteiger partial charge in [0.2, 0.25) is 0 Å². The van der Waals surface area contributed by atoms with Crippen LogP contribution in [-0.4, -0.2) is 9.97 Å². The molecule has 0 saturated carbocycles. The van der Waals surface area contributed by atoms with E-state index < -0.39 is 0 Å². The molecule has 0 aliphatic carbocycles. The van der Waals surface area contributed by atoms with E-state index in [4.69, 9.17) is 11.6 Å². The Labute approximate surface area is 113 Å². The van der Waals surface area contributed by atoms with Crippen LogP contribution in [0.25, 0.3) is 11.3 Å². The van der Waals surface area contributed by atoms with Gasteiger partial charge in [0, 0.05) is 11.1 Å². The summed E-state index contributed by atoms with van der Waals surface area (Å²) in [4.78, 5) is 8.32. The Morgan fingerprint density at radius 2 is 2.00 bits per heavy atom. The number of benzene rings is 1. The molecule has 0 aliphatic rings. The topological polar surface area (TPSA) is 25.8 Å². The van der Waals surface area contributed by atoms with Gasteiger partial charge in [-0.25, -0.2) is 9.97 Å². The van der Waals surface area contributed by atoms with Crippen molar-refractivity contribution in [2.24, 2.45) is 5.92 Å². The van der Waals surface area contributed by atoms with Gasteiger partial charge in [-0.2, -0.15) is 0 Å². The third kappa shape index (κ3) is 2.88. The molecule has 0 unspecified atom stereocenters. The molecule has 0 amide bonds. The molecule has 0 N–H and O–H groups in total. The first-order valence-corrected chi connectivity index (χ1v) is 6.52. The maximum atomic E-state index is 6.04. The van der Waals surface area contributed by atoms with Gasteiger partial charge >= 0.3 is 0 Å². The molecule has 0 atom stereocenters. The molecular formula is C15H17ClN2. The minimum atomic E-state index is 0.522. The van der Waals surface area contributed by atoms with Crippen molar-refractivity contribution in [3.05, 3.63) is 46.9 Å². The number of hydrogen-bond acceptors (Lipinski definition) is 2. The van der Waals surface area contributed by atoms with Gasteiger partial charge in [0.15, 0.2) is 0 Å². The molecule has 1 heterocycles. The van der Waals surface area contributed by atoms with E-state index in [9.17, 15) is 0 Å². The molecular weight excluding hydrogens is 244 g/mol. The van der Waals surface area contributed by atoms with Gasteiger partial charge in [0.05, 0.1) is 5.69 Å². The summed E-state index contributed by atoms with van der Waals surface area (Å²) in [5.74, 6) is 0.648. The molecule has 2 aromatic rings. The van der Waals surface area contributed by atoms with Crippen LogP contribution in [-0.2, 0) is 6.42 Å². The van der Waals surface area contributed by atoms with Gasteiger partial charge < -0.3 is 0 Å². The van der Waals surface area contributed by atoms with E-state index in [0.717, 1.165) is 23.2 Å². The number of aromatic nitrogens is 2. The highest BCUT2D eigenvalue weighted by molar-refractivity contribution is 6.30. The Hall–Kier alpha value is -1.41. The van der Waals surface area contributed by atoms with Crippen molar-refractivity contribution in [3.8, 4) is 11.3 Å². The molecule has 18 heavy (non-hydrogen) atoms. The van der Waals surface area contributed by atoms with Crippen molar-refractivity contribution in [2.75, 3.05) is 0 Å². The van der Waals surface area contributed by atoms with E-state index in [1.165, 1.54) is 11.9 Å². The summed E-state index contributed by atoms with van der Waals surface area (Å²) in [6, 6.07) is 8.48. The van der Waals surface area contributed by atoms with E-state index in [0.29, 0.717) is 11.1 Å². The second-order valence-corrected chi connectivity index (χ2v) is 5.29. The SMILES string of the molecule is Cc1c(Cl)ncnc1-c1cccc(CC(C)C)c1. The molecule has 94 valence electrons. The monoisotopic (exact) mass is 260 g/mol. The Morgan fingerprint density at radius 1 is 1.22 bits per heavy atom. The van der Waals surface area contributed by atoms with Crippen molar-refractivity contribution in [1.29, 1.82) is 0 Å². The van der Waals surface area contributed by atoms with Crippen molar-refractivity contribution in [3.63, 3.8) is 0 Å². The second-order valence-electron chi connectivity index (χ2n) is 4.94. The van der Waals surface area contributed by atoms with Crippen LogP contribution >= 0.6 is 11.6 Å². The summed E-state index contributed by atoms with van der Waals surface area (Å²) in [6.07, 6.45) is 2.59. The molecule has 0 bridgehead atoms. The summed E-state index contributed by atoms with van der Waals surface area (Å²) in [6.45, 7) is 6.39. The van der Waals surface area contributed by atoms with E-state index in [1.807, 2.05) is 6.92 Å². The lowest BCUT2D eigenvalue weighted by atomic mass is 9.99. The van der Waals surface area contributed by atoms with Crippen LogP contribution in [0.2, 0.25) is 5.15 Å². The lowest BCUT2D eigenvalue weighted by Gasteiger charge is -2.09. The molecule has 3 heteroatoms. The minimum Gasteiger partial charge on any atom is -0.236 e. The smallest absolute Gasteiger partial charge is 0.135 e. The lowest BCUT2D eigenvalue weighted by molar-refractivity contribution is 0.647. The van der Waals surface area contributed by atoms with E-state index in [1.54, 1.807) is 0 Å². The van der Waals surface area contributed by atoms with Gasteiger partial charge in [0.1, 0.15) is 11.5 Å². The summed E-state index contributed by atoms with van der Waals surface area (Å²) < 4.78 is 0. The van der Waals surface area contributed by atoms with Gasteiger partial charge in [-0.1, -0.05) is 43.6 Å². The summed E-state index contributed by atoms with van der Waals surface area (Å²) in [5.41, 5.74) is 4.29. The van der Waals surface area contributed by atoms with Crippen LogP contribution < -0.4 is 0 Å². The first-order chi connectivity index (χ1) is 8.58. The van der Waals surface area contributed by atoms with Crippen LogP contribution in [0.15, 0.2) is 30.6 Å². The zero-order valence-electron chi connectivity index (χ0n) is 10.9. The Kier molecular flexibility index (Phi) is 3.97. The van der Waals surface area contributed by atoms with E-state index >= 15 is 0 Å². The number of rotatable bonds is 3. The fraction of sp³-hybridized carbons (Fsp3) is 0.333. The van der Waals surface area contributed by atoms with Crippen molar-refractivity contribution in [2.45, 2.75) is 27.2 Å². The number of halogens is 1. The molecule has 2 rings (SSSR count). The molecule has 0 aliphatic heterocycles. The van der Waals surface area contributed by atoms with Crippen LogP contribution in [0.5, 0.6) is 0 Å². The van der Waals surface area contributed by atoms with Crippen LogP contribution in [0, 0.1) is 12.8 Å². The Balaban J connectivity index is 2.41. The third-order valence-electron chi connectivity index (χ3n) is 2.87.